The molecule has 4 rings (SSSR count). The zero-order chi connectivity index (χ0) is 17.4. The summed E-state index contributed by atoms with van der Waals surface area (Å²) in [6.45, 7) is 6.75. The highest BCUT2D eigenvalue weighted by atomic mass is 32.1. The molecule has 2 atom stereocenters. The van der Waals surface area contributed by atoms with E-state index >= 15 is 0 Å². The molecule has 3 fully saturated rings. The van der Waals surface area contributed by atoms with Gasteiger partial charge in [-0.3, -0.25) is 9.59 Å². The van der Waals surface area contributed by atoms with Gasteiger partial charge in [-0.05, 0) is 48.2 Å². The van der Waals surface area contributed by atoms with Crippen LogP contribution in [0.3, 0.4) is 0 Å². The second-order valence-electron chi connectivity index (χ2n) is 7.81. The Bertz CT molecular complexity index is 637. The maximum Gasteiger partial charge on any atom is 0.227 e. The fraction of sp³-hybridized carbons (Fsp3) is 0.684. The molecule has 3 aliphatic heterocycles. The lowest BCUT2D eigenvalue weighted by molar-refractivity contribution is -0.132. The number of amides is 2. The molecule has 5 nitrogen and oxygen atoms in total. The van der Waals surface area contributed by atoms with Gasteiger partial charge in [0.15, 0.2) is 0 Å². The summed E-state index contributed by atoms with van der Waals surface area (Å²) in [5, 5.41) is 7.40. The summed E-state index contributed by atoms with van der Waals surface area (Å²) in [4.78, 5) is 29.5. The zero-order valence-electron chi connectivity index (χ0n) is 14.9. The molecule has 3 saturated heterocycles. The number of carbonyl (C=O) groups excluding carboxylic acids is 2. The molecule has 4 heterocycles. The first kappa shape index (κ1) is 17.0. The Morgan fingerprint density at radius 1 is 1.36 bits per heavy atom. The zero-order valence-corrected chi connectivity index (χ0v) is 15.7. The quantitative estimate of drug-likeness (QED) is 0.889. The average molecular weight is 362 g/mol. The predicted octanol–water partition coefficient (Wildman–Crippen LogP) is 1.74. The average Bonchev–Trinajstić information content (AvgIpc) is 3.29. The van der Waals surface area contributed by atoms with Crippen LogP contribution in [0.15, 0.2) is 16.8 Å². The van der Waals surface area contributed by atoms with Crippen LogP contribution in [0.1, 0.15) is 31.7 Å². The van der Waals surface area contributed by atoms with Crippen molar-refractivity contribution in [1.29, 1.82) is 0 Å². The van der Waals surface area contributed by atoms with E-state index in [1.807, 2.05) is 21.7 Å². The van der Waals surface area contributed by atoms with Gasteiger partial charge in [0.25, 0.3) is 0 Å². The van der Waals surface area contributed by atoms with Gasteiger partial charge in [0.05, 0.1) is 12.3 Å². The van der Waals surface area contributed by atoms with Crippen molar-refractivity contribution < 1.29 is 9.59 Å². The van der Waals surface area contributed by atoms with Gasteiger partial charge in [-0.2, -0.15) is 11.3 Å². The van der Waals surface area contributed by atoms with E-state index in [1.165, 1.54) is 0 Å². The molecule has 25 heavy (non-hydrogen) atoms. The number of rotatable bonds is 4. The van der Waals surface area contributed by atoms with Gasteiger partial charge in [0.1, 0.15) is 0 Å². The maximum absolute atomic E-state index is 12.5. The summed E-state index contributed by atoms with van der Waals surface area (Å²) < 4.78 is 0. The van der Waals surface area contributed by atoms with Crippen molar-refractivity contribution in [2.24, 2.45) is 11.8 Å². The Morgan fingerprint density at radius 2 is 2.16 bits per heavy atom. The topological polar surface area (TPSA) is 52.7 Å². The summed E-state index contributed by atoms with van der Waals surface area (Å²) in [6, 6.07) is 2.02. The number of hydrogen-bond acceptors (Lipinski definition) is 4. The number of likely N-dealkylation sites (tertiary alicyclic amines) is 2. The number of piperidine rings is 1. The maximum atomic E-state index is 12.5. The first-order valence-electron chi connectivity index (χ1n) is 9.44. The van der Waals surface area contributed by atoms with Gasteiger partial charge in [0.2, 0.25) is 11.8 Å². The van der Waals surface area contributed by atoms with Crippen LogP contribution in [0.2, 0.25) is 0 Å². The normalized spacial score (nSPS) is 28.4. The van der Waals surface area contributed by atoms with Gasteiger partial charge in [0, 0.05) is 37.6 Å². The second-order valence-corrected chi connectivity index (χ2v) is 8.59. The van der Waals surface area contributed by atoms with Crippen molar-refractivity contribution in [3.8, 4) is 0 Å². The summed E-state index contributed by atoms with van der Waals surface area (Å²) in [5.41, 5.74) is 1.03. The predicted molar refractivity (Wildman–Crippen MR) is 98.4 cm³/mol. The smallest absolute Gasteiger partial charge is 0.227 e. The van der Waals surface area contributed by atoms with Crippen molar-refractivity contribution in [3.05, 3.63) is 22.4 Å². The molecule has 0 bridgehead atoms. The molecule has 136 valence electrons. The van der Waals surface area contributed by atoms with E-state index < -0.39 is 0 Å². The van der Waals surface area contributed by atoms with E-state index in [0.717, 1.165) is 57.5 Å². The van der Waals surface area contributed by atoms with Crippen LogP contribution < -0.4 is 5.32 Å². The summed E-state index contributed by atoms with van der Waals surface area (Å²) in [6.07, 6.45) is 3.43. The largest absolute Gasteiger partial charge is 0.350 e. The Morgan fingerprint density at radius 3 is 2.84 bits per heavy atom. The van der Waals surface area contributed by atoms with Crippen LogP contribution in [0, 0.1) is 11.8 Å². The lowest BCUT2D eigenvalue weighted by atomic mass is 9.75. The third kappa shape index (κ3) is 3.10. The Kier molecular flexibility index (Phi) is 4.58. The number of fused-ring (bicyclic) bond motifs is 2. The van der Waals surface area contributed by atoms with Gasteiger partial charge in [-0.15, -0.1) is 0 Å². The molecule has 6 heteroatoms. The van der Waals surface area contributed by atoms with E-state index in [2.05, 4.69) is 17.1 Å². The van der Waals surface area contributed by atoms with Gasteiger partial charge in [-0.25, -0.2) is 0 Å². The van der Waals surface area contributed by atoms with Crippen molar-refractivity contribution in [2.75, 3.05) is 32.7 Å². The van der Waals surface area contributed by atoms with Crippen LogP contribution in [0.25, 0.3) is 0 Å². The second kappa shape index (κ2) is 6.72. The Labute approximate surface area is 153 Å². The summed E-state index contributed by atoms with van der Waals surface area (Å²) in [7, 11) is 0. The lowest BCUT2D eigenvalue weighted by Gasteiger charge is -2.42. The first-order chi connectivity index (χ1) is 12.1. The number of nitrogens with one attached hydrogen (secondary N) is 1. The van der Waals surface area contributed by atoms with Crippen molar-refractivity contribution >= 4 is 23.2 Å². The third-order valence-electron chi connectivity index (χ3n) is 6.30. The van der Waals surface area contributed by atoms with E-state index in [9.17, 15) is 9.59 Å². The minimum atomic E-state index is -0.0800. The molecule has 0 aliphatic carbocycles. The summed E-state index contributed by atoms with van der Waals surface area (Å²) in [5.74, 6) is 1.02. The van der Waals surface area contributed by atoms with Crippen LogP contribution in [-0.2, 0) is 16.0 Å². The van der Waals surface area contributed by atoms with Crippen LogP contribution in [0.4, 0.5) is 0 Å². The first-order valence-corrected chi connectivity index (χ1v) is 10.4. The van der Waals surface area contributed by atoms with Gasteiger partial charge in [-0.1, -0.05) is 6.92 Å². The van der Waals surface area contributed by atoms with Gasteiger partial charge >= 0.3 is 0 Å². The molecule has 0 radical (unpaired) electrons. The highest BCUT2D eigenvalue weighted by Crippen LogP contribution is 2.44. The molecule has 1 N–H and O–H groups in total. The van der Waals surface area contributed by atoms with Crippen LogP contribution in [-0.4, -0.2) is 59.9 Å². The van der Waals surface area contributed by atoms with Gasteiger partial charge < -0.3 is 15.1 Å². The van der Waals surface area contributed by atoms with E-state index in [-0.39, 0.29) is 23.3 Å². The Balaban J connectivity index is 1.39. The van der Waals surface area contributed by atoms with Crippen molar-refractivity contribution in [3.63, 3.8) is 0 Å². The van der Waals surface area contributed by atoms with Crippen molar-refractivity contribution in [2.45, 2.75) is 38.1 Å². The fourth-order valence-electron chi connectivity index (χ4n) is 4.97. The number of nitrogens with zero attached hydrogens (tertiary/aromatic N) is 2. The van der Waals surface area contributed by atoms with Crippen LogP contribution >= 0.6 is 11.3 Å². The van der Waals surface area contributed by atoms with E-state index in [1.54, 1.807) is 11.3 Å². The highest BCUT2D eigenvalue weighted by Gasteiger charge is 2.57. The molecule has 1 aromatic rings. The van der Waals surface area contributed by atoms with E-state index in [4.69, 9.17) is 0 Å². The molecular weight excluding hydrogens is 334 g/mol. The number of hydrogen-bond donors (Lipinski definition) is 1. The lowest BCUT2D eigenvalue weighted by Crippen LogP contribution is -2.56. The number of carbonyl (C=O) groups is 2. The summed E-state index contributed by atoms with van der Waals surface area (Å²) >= 11 is 1.64. The van der Waals surface area contributed by atoms with E-state index in [0.29, 0.717) is 12.3 Å². The number of thiophene rings is 1. The molecule has 1 aromatic heterocycles. The minimum Gasteiger partial charge on any atom is -0.350 e. The molecule has 2 amide bonds. The minimum absolute atomic E-state index is 0.0800. The molecule has 3 aliphatic rings. The third-order valence-corrected chi connectivity index (χ3v) is 7.03. The highest BCUT2D eigenvalue weighted by molar-refractivity contribution is 7.08. The molecule has 0 aromatic carbocycles. The molecular formula is C19H27N3O2S. The molecule has 0 saturated carbocycles. The van der Waals surface area contributed by atoms with Crippen molar-refractivity contribution in [1.82, 2.24) is 15.1 Å². The monoisotopic (exact) mass is 361 g/mol. The molecule has 0 unspecified atom stereocenters. The Hall–Kier alpha value is -1.40. The SMILES string of the molecule is CCCN1C[C@H]2C(=O)NC3(CCN(C(=O)Cc4ccsc4)CC3)[C@H]2C1. The standard InChI is InChI=1S/C19H27N3O2S/c1-2-6-21-11-15-16(12-21)19(20-18(15)24)4-7-22(8-5-19)17(23)10-14-3-9-25-13-14/h3,9,13,15-16H,2,4-8,10-12H2,1H3,(H,20,24)/t15-,16+/m1/s1. The van der Waals surface area contributed by atoms with Crippen LogP contribution in [0.5, 0.6) is 0 Å². The fourth-order valence-corrected chi connectivity index (χ4v) is 5.64. The molecule has 1 spiro atoms.